The normalized spacial score (nSPS) is 16.7. The summed E-state index contributed by atoms with van der Waals surface area (Å²) in [5, 5.41) is 4.86. The van der Waals surface area contributed by atoms with E-state index in [1.54, 1.807) is 0 Å². The molecule has 0 aromatic heterocycles. The number of hydrogen-bond donors (Lipinski definition) is 1. The topological polar surface area (TPSA) is 86.5 Å². The van der Waals surface area contributed by atoms with Crippen LogP contribution in [0.4, 0.5) is 8.78 Å². The van der Waals surface area contributed by atoms with Crippen molar-refractivity contribution in [3.05, 3.63) is 29.3 Å². The largest absolute Gasteiger partial charge is 0.459 e. The second-order valence-electron chi connectivity index (χ2n) is 4.98. The fourth-order valence-electron chi connectivity index (χ4n) is 2.27. The SMILES string of the molecule is NS(=O)(=O)c1cc(F)c(F)c(C(=O)OC2CCCCC2)c1. The first-order valence-corrected chi connectivity index (χ1v) is 8.06. The smallest absolute Gasteiger partial charge is 0.341 e. The van der Waals surface area contributed by atoms with Crippen LogP contribution in [0.25, 0.3) is 0 Å². The van der Waals surface area contributed by atoms with Crippen LogP contribution in [0.15, 0.2) is 17.0 Å². The van der Waals surface area contributed by atoms with Crippen LogP contribution >= 0.6 is 0 Å². The maximum atomic E-state index is 13.7. The van der Waals surface area contributed by atoms with Gasteiger partial charge in [0.15, 0.2) is 11.6 Å². The van der Waals surface area contributed by atoms with Gasteiger partial charge in [0.2, 0.25) is 10.0 Å². The van der Waals surface area contributed by atoms with E-state index >= 15 is 0 Å². The lowest BCUT2D eigenvalue weighted by Crippen LogP contribution is -2.22. The van der Waals surface area contributed by atoms with E-state index < -0.39 is 38.1 Å². The molecule has 1 fully saturated rings. The summed E-state index contributed by atoms with van der Waals surface area (Å²) in [5.74, 6) is -3.98. The molecule has 0 unspecified atom stereocenters. The number of carbonyl (C=O) groups is 1. The minimum Gasteiger partial charge on any atom is -0.459 e. The van der Waals surface area contributed by atoms with Crippen LogP contribution < -0.4 is 5.14 Å². The Kier molecular flexibility index (Phi) is 4.58. The van der Waals surface area contributed by atoms with Gasteiger partial charge < -0.3 is 4.74 Å². The third-order valence-corrected chi connectivity index (χ3v) is 4.27. The van der Waals surface area contributed by atoms with Crippen molar-refractivity contribution in [2.75, 3.05) is 0 Å². The molecular weight excluding hydrogens is 304 g/mol. The first-order chi connectivity index (χ1) is 9.79. The van der Waals surface area contributed by atoms with Crippen LogP contribution in [0.5, 0.6) is 0 Å². The molecule has 0 aliphatic heterocycles. The van der Waals surface area contributed by atoms with E-state index in [4.69, 9.17) is 9.88 Å². The first kappa shape index (κ1) is 15.8. The number of ether oxygens (including phenoxy) is 1. The van der Waals surface area contributed by atoms with Gasteiger partial charge in [-0.25, -0.2) is 27.1 Å². The third kappa shape index (κ3) is 3.76. The molecule has 0 saturated heterocycles. The van der Waals surface area contributed by atoms with Crippen LogP contribution in [0.3, 0.4) is 0 Å². The molecule has 0 spiro atoms. The van der Waals surface area contributed by atoms with Crippen LogP contribution in [0.2, 0.25) is 0 Å². The lowest BCUT2D eigenvalue weighted by Gasteiger charge is -2.22. The van der Waals surface area contributed by atoms with Crippen molar-refractivity contribution in [2.45, 2.75) is 43.1 Å². The number of carbonyl (C=O) groups excluding carboxylic acids is 1. The molecule has 0 radical (unpaired) electrons. The van der Waals surface area contributed by atoms with E-state index in [1.165, 1.54) is 0 Å². The Bertz CT molecular complexity index is 654. The fourth-order valence-corrected chi connectivity index (χ4v) is 2.82. The molecule has 2 N–H and O–H groups in total. The number of nitrogens with two attached hydrogens (primary N) is 1. The summed E-state index contributed by atoms with van der Waals surface area (Å²) < 4.78 is 54.6. The maximum absolute atomic E-state index is 13.7. The van der Waals surface area contributed by atoms with E-state index in [0.29, 0.717) is 25.0 Å². The number of rotatable bonds is 3. The molecule has 8 heteroatoms. The van der Waals surface area contributed by atoms with Crippen LogP contribution in [0, 0.1) is 11.6 Å². The number of sulfonamides is 1. The van der Waals surface area contributed by atoms with Crippen molar-refractivity contribution in [1.29, 1.82) is 0 Å². The van der Waals surface area contributed by atoms with Crippen molar-refractivity contribution < 1.29 is 26.7 Å². The van der Waals surface area contributed by atoms with Gasteiger partial charge >= 0.3 is 5.97 Å². The first-order valence-electron chi connectivity index (χ1n) is 6.52. The molecule has 1 aliphatic carbocycles. The van der Waals surface area contributed by atoms with Gasteiger partial charge in [-0.1, -0.05) is 6.42 Å². The Labute approximate surface area is 121 Å². The number of hydrogen-bond acceptors (Lipinski definition) is 4. The highest BCUT2D eigenvalue weighted by molar-refractivity contribution is 7.89. The molecule has 1 aromatic carbocycles. The number of benzene rings is 1. The Morgan fingerprint density at radius 3 is 2.38 bits per heavy atom. The minimum absolute atomic E-state index is 0.355. The lowest BCUT2D eigenvalue weighted by atomic mass is 9.98. The highest BCUT2D eigenvalue weighted by Gasteiger charge is 2.25. The Balaban J connectivity index is 2.29. The second kappa shape index (κ2) is 6.07. The zero-order valence-electron chi connectivity index (χ0n) is 11.1. The van der Waals surface area contributed by atoms with Crippen molar-refractivity contribution in [1.82, 2.24) is 0 Å². The van der Waals surface area contributed by atoms with Gasteiger partial charge in [0.05, 0.1) is 10.5 Å². The predicted molar refractivity (Wildman–Crippen MR) is 70.0 cm³/mol. The van der Waals surface area contributed by atoms with Crippen molar-refractivity contribution >= 4 is 16.0 Å². The Morgan fingerprint density at radius 1 is 1.19 bits per heavy atom. The van der Waals surface area contributed by atoms with Gasteiger partial charge in [-0.05, 0) is 37.8 Å². The van der Waals surface area contributed by atoms with Crippen molar-refractivity contribution in [2.24, 2.45) is 5.14 Å². The molecule has 0 bridgehead atoms. The quantitative estimate of drug-likeness (QED) is 0.864. The molecule has 1 aromatic rings. The van der Waals surface area contributed by atoms with E-state index in [-0.39, 0.29) is 6.10 Å². The van der Waals surface area contributed by atoms with E-state index in [0.717, 1.165) is 19.3 Å². The number of esters is 1. The lowest BCUT2D eigenvalue weighted by molar-refractivity contribution is 0.0204. The van der Waals surface area contributed by atoms with Crippen molar-refractivity contribution in [3.8, 4) is 0 Å². The third-order valence-electron chi connectivity index (χ3n) is 3.38. The molecule has 0 heterocycles. The maximum Gasteiger partial charge on any atom is 0.341 e. The number of primary sulfonamides is 1. The van der Waals surface area contributed by atoms with Gasteiger partial charge in [0.1, 0.15) is 6.10 Å². The summed E-state index contributed by atoms with van der Waals surface area (Å²) in [4.78, 5) is 11.2. The number of halogens is 2. The second-order valence-corrected chi connectivity index (χ2v) is 6.54. The highest BCUT2D eigenvalue weighted by atomic mass is 32.2. The van der Waals surface area contributed by atoms with E-state index in [1.807, 2.05) is 0 Å². The monoisotopic (exact) mass is 319 g/mol. The molecule has 116 valence electrons. The summed E-state index contributed by atoms with van der Waals surface area (Å²) >= 11 is 0. The molecule has 5 nitrogen and oxygen atoms in total. The summed E-state index contributed by atoms with van der Waals surface area (Å²) in [6.45, 7) is 0. The average molecular weight is 319 g/mol. The zero-order chi connectivity index (χ0) is 15.6. The molecule has 0 amide bonds. The summed E-state index contributed by atoms with van der Waals surface area (Å²) in [6, 6.07) is 1.13. The van der Waals surface area contributed by atoms with Crippen LogP contribution in [-0.4, -0.2) is 20.5 Å². The standard InChI is InChI=1S/C13H15F2NO4S/c14-11-7-9(21(16,18)19)6-10(12(11)15)13(17)20-8-4-2-1-3-5-8/h6-8H,1-5H2,(H2,16,18,19). The Hall–Kier alpha value is -1.54. The summed E-state index contributed by atoms with van der Waals surface area (Å²) in [7, 11) is -4.25. The van der Waals surface area contributed by atoms with Gasteiger partial charge in [-0.3, -0.25) is 0 Å². The van der Waals surface area contributed by atoms with Gasteiger partial charge in [0, 0.05) is 0 Å². The minimum atomic E-state index is -4.25. The van der Waals surface area contributed by atoms with Crippen LogP contribution in [-0.2, 0) is 14.8 Å². The molecule has 21 heavy (non-hydrogen) atoms. The Morgan fingerprint density at radius 2 is 1.81 bits per heavy atom. The fraction of sp³-hybridized carbons (Fsp3) is 0.462. The molecule has 1 aliphatic rings. The summed E-state index contributed by atoms with van der Waals surface area (Å²) in [5.41, 5.74) is -0.760. The van der Waals surface area contributed by atoms with Gasteiger partial charge in [-0.15, -0.1) is 0 Å². The molecular formula is C13H15F2NO4S. The van der Waals surface area contributed by atoms with Crippen LogP contribution in [0.1, 0.15) is 42.5 Å². The van der Waals surface area contributed by atoms with E-state index in [2.05, 4.69) is 0 Å². The highest BCUT2D eigenvalue weighted by Crippen LogP contribution is 2.24. The van der Waals surface area contributed by atoms with Gasteiger partial charge in [-0.2, -0.15) is 0 Å². The van der Waals surface area contributed by atoms with Gasteiger partial charge in [0.25, 0.3) is 0 Å². The molecule has 2 rings (SSSR count). The molecule has 0 atom stereocenters. The molecule has 1 saturated carbocycles. The van der Waals surface area contributed by atoms with E-state index in [9.17, 15) is 22.0 Å². The predicted octanol–water partition coefficient (Wildman–Crippen LogP) is 2.10. The van der Waals surface area contributed by atoms with Crippen molar-refractivity contribution in [3.63, 3.8) is 0 Å². The summed E-state index contributed by atoms with van der Waals surface area (Å²) in [6.07, 6.45) is 3.79. The zero-order valence-corrected chi connectivity index (χ0v) is 12.0. The average Bonchev–Trinajstić information content (AvgIpc) is 2.41.